The lowest BCUT2D eigenvalue weighted by molar-refractivity contribution is 0.0938. The van der Waals surface area contributed by atoms with E-state index in [2.05, 4.69) is 21.2 Å². The summed E-state index contributed by atoms with van der Waals surface area (Å²) in [7, 11) is 0. The van der Waals surface area contributed by atoms with E-state index in [1.54, 1.807) is 30.3 Å². The molecule has 29 heavy (non-hydrogen) atoms. The third-order valence-electron chi connectivity index (χ3n) is 4.82. The summed E-state index contributed by atoms with van der Waals surface area (Å²) in [6.07, 6.45) is 2.16. The molecule has 1 aromatic heterocycles. The van der Waals surface area contributed by atoms with E-state index in [4.69, 9.17) is 0 Å². The first-order valence-electron chi connectivity index (χ1n) is 9.39. The van der Waals surface area contributed by atoms with E-state index in [9.17, 15) is 14.4 Å². The van der Waals surface area contributed by atoms with Gasteiger partial charge in [-0.15, -0.1) is 0 Å². The smallest absolute Gasteiger partial charge is 0.307 e. The average Bonchev–Trinajstić information content (AvgIpc) is 3.57. The van der Waals surface area contributed by atoms with E-state index in [0.29, 0.717) is 22.7 Å². The number of fused-ring (bicyclic) bond motifs is 1. The Bertz CT molecular complexity index is 1100. The fourth-order valence-corrected chi connectivity index (χ4v) is 3.10. The number of para-hydroxylation sites is 1. The molecule has 146 valence electrons. The lowest BCUT2D eigenvalue weighted by Gasteiger charge is -2.12. The molecule has 0 bridgehead atoms. The van der Waals surface area contributed by atoms with Crippen LogP contribution in [0.15, 0.2) is 54.6 Å². The molecule has 1 aliphatic rings. The molecule has 0 unspecified atom stereocenters. The van der Waals surface area contributed by atoms with Crippen molar-refractivity contribution in [3.8, 4) is 0 Å². The molecule has 1 saturated carbocycles. The molecule has 7 heteroatoms. The van der Waals surface area contributed by atoms with Crippen molar-refractivity contribution < 1.29 is 14.4 Å². The molecular formula is C22H20N4O3. The van der Waals surface area contributed by atoms with Crippen LogP contribution in [-0.4, -0.2) is 22.7 Å². The van der Waals surface area contributed by atoms with E-state index < -0.39 is 11.9 Å². The van der Waals surface area contributed by atoms with Gasteiger partial charge in [-0.3, -0.25) is 20.0 Å². The third kappa shape index (κ3) is 4.24. The van der Waals surface area contributed by atoms with Gasteiger partial charge < -0.3 is 5.32 Å². The van der Waals surface area contributed by atoms with Crippen LogP contribution < -0.4 is 16.2 Å². The molecule has 2 aromatic carbocycles. The fraction of sp³-hybridized carbons (Fsp3) is 0.182. The number of ketones is 1. The van der Waals surface area contributed by atoms with E-state index in [0.717, 1.165) is 29.4 Å². The minimum atomic E-state index is -0.588. The minimum Gasteiger partial charge on any atom is -0.307 e. The van der Waals surface area contributed by atoms with Crippen LogP contribution in [0, 0.1) is 0 Å². The first-order chi connectivity index (χ1) is 14.0. The summed E-state index contributed by atoms with van der Waals surface area (Å²) < 4.78 is 0. The second-order valence-corrected chi connectivity index (χ2v) is 7.05. The lowest BCUT2D eigenvalue weighted by atomic mass is 10.1. The number of benzene rings is 2. The quantitative estimate of drug-likeness (QED) is 0.468. The van der Waals surface area contributed by atoms with Gasteiger partial charge >= 0.3 is 6.03 Å². The Kier molecular flexibility index (Phi) is 4.95. The molecule has 3 N–H and O–H groups in total. The van der Waals surface area contributed by atoms with E-state index >= 15 is 0 Å². The number of carbonyl (C=O) groups excluding carboxylic acids is 3. The number of pyridine rings is 1. The summed E-state index contributed by atoms with van der Waals surface area (Å²) in [6, 6.07) is 15.2. The number of carbonyl (C=O) groups is 3. The molecule has 1 fully saturated rings. The monoisotopic (exact) mass is 388 g/mol. The number of hydrogen-bond donors (Lipinski definition) is 3. The highest BCUT2D eigenvalue weighted by Gasteiger charge is 2.27. The van der Waals surface area contributed by atoms with Crippen molar-refractivity contribution in [2.45, 2.75) is 25.7 Å². The third-order valence-corrected chi connectivity index (χ3v) is 4.82. The van der Waals surface area contributed by atoms with Gasteiger partial charge in [0.15, 0.2) is 5.78 Å². The predicted octanol–water partition coefficient (Wildman–Crippen LogP) is 3.78. The number of rotatable bonds is 4. The maximum Gasteiger partial charge on any atom is 0.337 e. The molecule has 4 rings (SSSR count). The second kappa shape index (κ2) is 7.71. The Labute approximate surface area is 167 Å². The number of hydrogen-bond acceptors (Lipinski definition) is 4. The largest absolute Gasteiger partial charge is 0.337 e. The second-order valence-electron chi connectivity index (χ2n) is 7.05. The van der Waals surface area contributed by atoms with Crippen molar-refractivity contribution in [2.75, 3.05) is 5.32 Å². The van der Waals surface area contributed by atoms with Crippen molar-refractivity contribution in [1.82, 2.24) is 15.8 Å². The van der Waals surface area contributed by atoms with Gasteiger partial charge in [-0.1, -0.05) is 18.2 Å². The zero-order valence-electron chi connectivity index (χ0n) is 15.9. The maximum absolute atomic E-state index is 12.7. The van der Waals surface area contributed by atoms with Crippen LogP contribution in [0.2, 0.25) is 0 Å². The number of nitrogens with one attached hydrogen (secondary N) is 3. The number of urea groups is 1. The number of amides is 3. The maximum atomic E-state index is 12.7. The lowest BCUT2D eigenvalue weighted by Crippen LogP contribution is -2.44. The first kappa shape index (κ1) is 18.6. The van der Waals surface area contributed by atoms with Crippen molar-refractivity contribution in [3.05, 3.63) is 71.4 Å². The molecule has 0 aliphatic heterocycles. The highest BCUT2D eigenvalue weighted by atomic mass is 16.2. The molecule has 0 spiro atoms. The topological polar surface area (TPSA) is 100 Å². The van der Waals surface area contributed by atoms with Crippen LogP contribution in [0.25, 0.3) is 10.9 Å². The average molecular weight is 388 g/mol. The normalized spacial score (nSPS) is 13.0. The van der Waals surface area contributed by atoms with Crippen LogP contribution in [0.3, 0.4) is 0 Å². The molecule has 3 aromatic rings. The predicted molar refractivity (Wildman–Crippen MR) is 110 cm³/mol. The van der Waals surface area contributed by atoms with Gasteiger partial charge in [-0.2, -0.15) is 0 Å². The van der Waals surface area contributed by atoms with Crippen LogP contribution in [0.5, 0.6) is 0 Å². The molecule has 0 radical (unpaired) electrons. The van der Waals surface area contributed by atoms with E-state index in [1.807, 2.05) is 24.3 Å². The number of aromatic nitrogens is 1. The van der Waals surface area contributed by atoms with Gasteiger partial charge in [0, 0.05) is 28.2 Å². The Hall–Kier alpha value is -3.74. The Morgan fingerprint density at radius 2 is 1.69 bits per heavy atom. The summed E-state index contributed by atoms with van der Waals surface area (Å²) in [6.45, 7) is 1.47. The molecular weight excluding hydrogens is 368 g/mol. The van der Waals surface area contributed by atoms with Gasteiger partial charge in [0.2, 0.25) is 0 Å². The molecule has 1 heterocycles. The van der Waals surface area contributed by atoms with Gasteiger partial charge in [-0.05, 0) is 56.2 Å². The number of anilines is 1. The highest BCUT2D eigenvalue weighted by Crippen LogP contribution is 2.40. The molecule has 1 aliphatic carbocycles. The first-order valence-corrected chi connectivity index (χ1v) is 9.39. The van der Waals surface area contributed by atoms with Gasteiger partial charge in [-0.25, -0.2) is 10.2 Å². The SMILES string of the molecule is CC(=O)c1ccc(NC(=O)NNC(=O)c2cc(C3CC3)nc3ccccc23)cc1. The molecule has 0 saturated heterocycles. The molecule has 0 atom stereocenters. The number of hydrazine groups is 1. The van der Waals surface area contributed by atoms with E-state index in [-0.39, 0.29) is 5.78 Å². The number of nitrogens with zero attached hydrogens (tertiary/aromatic N) is 1. The molecule has 3 amide bonds. The highest BCUT2D eigenvalue weighted by molar-refractivity contribution is 6.07. The van der Waals surface area contributed by atoms with Crippen molar-refractivity contribution in [2.24, 2.45) is 0 Å². The van der Waals surface area contributed by atoms with Crippen LogP contribution in [0.4, 0.5) is 10.5 Å². The van der Waals surface area contributed by atoms with E-state index in [1.165, 1.54) is 6.92 Å². The Morgan fingerprint density at radius 3 is 2.38 bits per heavy atom. The zero-order valence-corrected chi connectivity index (χ0v) is 15.9. The van der Waals surface area contributed by atoms with Crippen molar-refractivity contribution in [1.29, 1.82) is 0 Å². The fourth-order valence-electron chi connectivity index (χ4n) is 3.10. The van der Waals surface area contributed by atoms with Gasteiger partial charge in [0.05, 0.1) is 11.1 Å². The molecule has 7 nitrogen and oxygen atoms in total. The van der Waals surface area contributed by atoms with Gasteiger partial charge in [0.1, 0.15) is 0 Å². The Morgan fingerprint density at radius 1 is 0.966 bits per heavy atom. The summed E-state index contributed by atoms with van der Waals surface area (Å²) in [5.74, 6) is -0.0589. The summed E-state index contributed by atoms with van der Waals surface area (Å²) >= 11 is 0. The number of Topliss-reactive ketones (excluding diaryl/α,β-unsaturated/α-hetero) is 1. The summed E-state index contributed by atoms with van der Waals surface area (Å²) in [4.78, 5) is 40.8. The van der Waals surface area contributed by atoms with Crippen LogP contribution in [-0.2, 0) is 0 Å². The summed E-state index contributed by atoms with van der Waals surface area (Å²) in [5.41, 5.74) is 8.01. The van der Waals surface area contributed by atoms with Crippen LogP contribution >= 0.6 is 0 Å². The van der Waals surface area contributed by atoms with Crippen LogP contribution in [0.1, 0.15) is 52.1 Å². The standard InChI is InChI=1S/C22H20N4O3/c1-13(27)14-8-10-16(11-9-14)23-22(29)26-25-21(28)18-12-20(15-6-7-15)24-19-5-3-2-4-17(18)19/h2-5,8-12,15H,6-7H2,1H3,(H,25,28)(H2,23,26,29). The Balaban J connectivity index is 1.44. The van der Waals surface area contributed by atoms with Crippen molar-refractivity contribution in [3.63, 3.8) is 0 Å². The van der Waals surface area contributed by atoms with Crippen molar-refractivity contribution >= 4 is 34.3 Å². The zero-order chi connectivity index (χ0) is 20.4. The van der Waals surface area contributed by atoms with Gasteiger partial charge in [0.25, 0.3) is 5.91 Å². The minimum absolute atomic E-state index is 0.0524. The summed E-state index contributed by atoms with van der Waals surface area (Å²) in [5, 5.41) is 3.34.